The molecule has 13 aliphatic heterocycles. The molecule has 10 bridgehead atoms. The van der Waals surface area contributed by atoms with Crippen LogP contribution in [0.3, 0.4) is 0 Å². The van der Waals surface area contributed by atoms with E-state index in [2.05, 4.69) is 308 Å². The minimum Gasteiger partial charge on any atom is -0.467 e. The second-order valence-electron chi connectivity index (χ2n) is 36.6. The molecular formula is C96H116N6OS. The van der Waals surface area contributed by atoms with Crippen molar-refractivity contribution in [2.45, 2.75) is 292 Å². The number of nitrogens with zero attached hydrogens (tertiary/aromatic N) is 6. The SMILES string of the molecule is Cc1ccccc1N1C(C)C2(C)CCC1(C)c1occc12.Cc1ccccc1N1C(C)C2(C)CCC1(C)c1sccc12.Cc1ccccc1N1C(C)C23CCC1(CC2)CC3.Cc1ccccc1N1C(C)C23CCC1(CC2)c1ccccc13.Cc1ccccc1N1C(C)C23CCC1(CC2)c1ccn(C)c13. The summed E-state index contributed by atoms with van der Waals surface area (Å²) < 4.78 is 8.37. The Kier molecular flexibility index (Phi) is 15.6. The molecule has 24 aliphatic rings. The first-order valence-electron chi connectivity index (χ1n) is 40.6. The Balaban J connectivity index is 0.0000000928. The van der Waals surface area contributed by atoms with Crippen LogP contribution in [0, 0.1) is 40.0 Å². The van der Waals surface area contributed by atoms with Gasteiger partial charge in [0, 0.05) is 115 Å². The Morgan fingerprint density at radius 3 is 1.26 bits per heavy atom. The predicted molar refractivity (Wildman–Crippen MR) is 435 cm³/mol. The first-order valence-corrected chi connectivity index (χ1v) is 41.5. The number of piperidine rings is 9. The molecule has 9 saturated heterocycles. The Morgan fingerprint density at radius 2 is 0.760 bits per heavy atom. The highest BCUT2D eigenvalue weighted by molar-refractivity contribution is 7.10. The fraction of sp³-hybridized carbons (Fsp3) is 0.500. The number of para-hydroxylation sites is 5. The van der Waals surface area contributed by atoms with E-state index in [-0.39, 0.29) is 33.0 Å². The van der Waals surface area contributed by atoms with Crippen molar-refractivity contribution in [1.82, 2.24) is 4.57 Å². The lowest BCUT2D eigenvalue weighted by atomic mass is 9.47. The van der Waals surface area contributed by atoms with Gasteiger partial charge in [0.25, 0.3) is 0 Å². The number of hydrogen-bond donors (Lipinski definition) is 0. The molecule has 14 fully saturated rings. The van der Waals surface area contributed by atoms with Crippen molar-refractivity contribution in [2.75, 3.05) is 24.5 Å². The van der Waals surface area contributed by atoms with Crippen molar-refractivity contribution >= 4 is 39.8 Å². The molecule has 0 N–H and O–H groups in total. The van der Waals surface area contributed by atoms with Gasteiger partial charge in [0.2, 0.25) is 0 Å². The van der Waals surface area contributed by atoms with Gasteiger partial charge in [-0.25, -0.2) is 0 Å². The van der Waals surface area contributed by atoms with Crippen molar-refractivity contribution < 1.29 is 4.42 Å². The van der Waals surface area contributed by atoms with E-state index in [9.17, 15) is 0 Å². The maximum Gasteiger partial charge on any atom is 0.132 e. The molecule has 0 spiro atoms. The van der Waals surface area contributed by atoms with Crippen LogP contribution < -0.4 is 24.5 Å². The van der Waals surface area contributed by atoms with E-state index in [1.807, 2.05) is 17.6 Å². The topological polar surface area (TPSA) is 34.3 Å². The zero-order valence-electron chi connectivity index (χ0n) is 65.4. The highest BCUT2D eigenvalue weighted by Crippen LogP contribution is 2.70. The van der Waals surface area contributed by atoms with Crippen molar-refractivity contribution in [3.05, 3.63) is 254 Å². The van der Waals surface area contributed by atoms with Crippen LogP contribution in [-0.4, -0.2) is 40.3 Å². The largest absolute Gasteiger partial charge is 0.467 e. The molecule has 542 valence electrons. The summed E-state index contributed by atoms with van der Waals surface area (Å²) in [6.07, 6.45) is 28.6. The third-order valence-corrected chi connectivity index (χ3v) is 33.8. The lowest BCUT2D eigenvalue weighted by Gasteiger charge is -2.70. The monoisotopic (exact) mass is 1400 g/mol. The van der Waals surface area contributed by atoms with Crippen molar-refractivity contribution in [3.63, 3.8) is 0 Å². The molecule has 9 unspecified atom stereocenters. The van der Waals surface area contributed by atoms with E-state index in [4.69, 9.17) is 4.42 Å². The van der Waals surface area contributed by atoms with Gasteiger partial charge >= 0.3 is 0 Å². The normalized spacial score (nSPS) is 35.7. The van der Waals surface area contributed by atoms with Gasteiger partial charge in [-0.3, -0.25) is 0 Å². The molecule has 7 nitrogen and oxygen atoms in total. The summed E-state index contributed by atoms with van der Waals surface area (Å²) in [7, 11) is 2.24. The minimum absolute atomic E-state index is 0.0257. The molecule has 6 aromatic carbocycles. The van der Waals surface area contributed by atoms with E-state index >= 15 is 0 Å². The molecule has 8 heteroatoms. The maximum absolute atomic E-state index is 5.96. The van der Waals surface area contributed by atoms with E-state index in [0.29, 0.717) is 46.0 Å². The van der Waals surface area contributed by atoms with Crippen LogP contribution in [0.25, 0.3) is 0 Å². The van der Waals surface area contributed by atoms with Crippen LogP contribution in [0.15, 0.2) is 186 Å². The average molecular weight is 1400 g/mol. The standard InChI is InChI=1S/C21H23N.C20H24N2.C19H23NO.C19H23NS.C17H23N/c1-15-7-3-6-10-19(15)22-16(2)20-11-13-21(22,14-12-20)18-9-5-4-8-17(18)20;1-14-6-4-5-7-17(14)22-15(2)19-9-11-20(22,12-10-19)16-8-13-21(3)18(16)19;2*1-13-7-5-6-8-16(13)20-14(2)18(3)10-11-19(20,4)17-15(18)9-12-21-17;1-13-5-3-4-6-15(13)18-14(2)16-7-10-17(18,11-8-16)12-9-16/h3-10,16H,11-14H2,1-2H3;4-8,13,15H,9-12H2,1-3H3;2*5-9,12,14H,10-11H2,1-4H3;3-6,14H,7-12H2,1-2H3. The predicted octanol–water partition coefficient (Wildman–Crippen LogP) is 23.5. The molecule has 0 amide bonds. The zero-order chi connectivity index (χ0) is 72.1. The van der Waals surface area contributed by atoms with Gasteiger partial charge < -0.3 is 33.5 Å². The first kappa shape index (κ1) is 68.4. The average Bonchev–Trinajstić information content (AvgIpc) is 1.36. The van der Waals surface area contributed by atoms with Crippen molar-refractivity contribution in [1.29, 1.82) is 0 Å². The molecule has 16 heterocycles. The summed E-state index contributed by atoms with van der Waals surface area (Å²) in [6.45, 7) is 33.1. The number of thiophene rings is 1. The number of anilines is 5. The van der Waals surface area contributed by atoms with Crippen LogP contribution in [0.2, 0.25) is 0 Å². The van der Waals surface area contributed by atoms with Crippen LogP contribution in [0.1, 0.15) is 250 Å². The van der Waals surface area contributed by atoms with E-state index in [1.165, 1.54) is 177 Å². The van der Waals surface area contributed by atoms with Crippen LogP contribution >= 0.6 is 11.3 Å². The second kappa shape index (κ2) is 23.8. The Bertz CT molecular complexity index is 4650. The van der Waals surface area contributed by atoms with Gasteiger partial charge in [-0.05, 0) is 308 Å². The summed E-state index contributed by atoms with van der Waals surface area (Å²) >= 11 is 1.95. The third-order valence-electron chi connectivity index (χ3n) is 32.7. The molecule has 9 atom stereocenters. The molecule has 11 aliphatic carbocycles. The van der Waals surface area contributed by atoms with Gasteiger partial charge in [0.1, 0.15) is 5.76 Å². The van der Waals surface area contributed by atoms with Gasteiger partial charge in [-0.1, -0.05) is 129 Å². The molecule has 104 heavy (non-hydrogen) atoms. The van der Waals surface area contributed by atoms with Crippen LogP contribution in [0.5, 0.6) is 0 Å². The summed E-state index contributed by atoms with van der Waals surface area (Å²) in [6, 6.07) is 63.7. The second-order valence-corrected chi connectivity index (χ2v) is 37.5. The Morgan fingerprint density at radius 1 is 0.346 bits per heavy atom. The first-order chi connectivity index (χ1) is 49.9. The Hall–Kier alpha value is -7.42. The fourth-order valence-corrected chi connectivity index (χ4v) is 27.5. The summed E-state index contributed by atoms with van der Waals surface area (Å²) in [4.78, 5) is 15.3. The molecule has 33 rings (SSSR count). The molecular weight excluding hydrogens is 1290 g/mol. The van der Waals surface area contributed by atoms with Gasteiger partial charge in [-0.15, -0.1) is 11.3 Å². The number of hydrogen-bond acceptors (Lipinski definition) is 7. The smallest absolute Gasteiger partial charge is 0.132 e. The summed E-state index contributed by atoms with van der Waals surface area (Å²) in [5.74, 6) is 1.18. The van der Waals surface area contributed by atoms with Crippen LogP contribution in [-0.2, 0) is 50.9 Å². The number of aryl methyl sites for hydroxylation is 6. The van der Waals surface area contributed by atoms with Gasteiger partial charge in [0.15, 0.2) is 0 Å². The van der Waals surface area contributed by atoms with E-state index < -0.39 is 0 Å². The number of benzene rings is 6. The lowest BCUT2D eigenvalue weighted by molar-refractivity contribution is -0.0447. The quantitative estimate of drug-likeness (QED) is 0.171. The lowest BCUT2D eigenvalue weighted by Crippen LogP contribution is -2.72. The van der Waals surface area contributed by atoms with Crippen LogP contribution in [0.4, 0.5) is 28.4 Å². The number of aromatic nitrogens is 1. The van der Waals surface area contributed by atoms with E-state index in [0.717, 1.165) is 12.5 Å². The maximum atomic E-state index is 5.96. The highest BCUT2D eigenvalue weighted by atomic mass is 32.1. The molecule has 3 aromatic heterocycles. The fourth-order valence-electron chi connectivity index (χ4n) is 26.3. The summed E-state index contributed by atoms with van der Waals surface area (Å²) in [5, 5.41) is 2.29. The number of furan rings is 1. The Labute approximate surface area is 627 Å². The summed E-state index contributed by atoms with van der Waals surface area (Å²) in [5.41, 5.74) is 26.7. The van der Waals surface area contributed by atoms with Crippen molar-refractivity contribution in [3.8, 4) is 0 Å². The zero-order valence-corrected chi connectivity index (χ0v) is 66.3. The molecule has 0 radical (unpaired) electrons. The van der Waals surface area contributed by atoms with Gasteiger partial charge in [0.05, 0.1) is 28.4 Å². The van der Waals surface area contributed by atoms with E-state index in [1.54, 1.807) is 32.8 Å². The highest BCUT2D eigenvalue weighted by Gasteiger charge is 2.68. The molecule has 5 saturated carbocycles. The number of fused-ring (bicyclic) bond motifs is 4. The molecule has 9 aromatic rings. The minimum atomic E-state index is -0.0257. The number of rotatable bonds is 5. The van der Waals surface area contributed by atoms with Crippen molar-refractivity contribution in [2.24, 2.45) is 12.5 Å². The third kappa shape index (κ3) is 9.05. The van der Waals surface area contributed by atoms with Gasteiger partial charge in [-0.2, -0.15) is 0 Å².